The summed E-state index contributed by atoms with van der Waals surface area (Å²) in [5.74, 6) is 2.07. The Morgan fingerprint density at radius 1 is 1.22 bits per heavy atom. The molecule has 1 atom stereocenters. The Balaban J connectivity index is 1.67. The zero-order chi connectivity index (χ0) is 16.1. The number of aromatic nitrogens is 2. The van der Waals surface area contributed by atoms with Gasteiger partial charge in [0.1, 0.15) is 18.0 Å². The van der Waals surface area contributed by atoms with E-state index in [1.165, 1.54) is 5.56 Å². The van der Waals surface area contributed by atoms with E-state index in [9.17, 15) is 0 Å². The largest absolute Gasteiger partial charge is 0.376 e. The molecule has 2 aromatic rings. The zero-order valence-corrected chi connectivity index (χ0v) is 13.7. The Morgan fingerprint density at radius 2 is 2.04 bits per heavy atom. The molecule has 23 heavy (non-hydrogen) atoms. The fourth-order valence-electron chi connectivity index (χ4n) is 2.80. The summed E-state index contributed by atoms with van der Waals surface area (Å²) in [4.78, 5) is 8.60. The summed E-state index contributed by atoms with van der Waals surface area (Å²) in [6.07, 6.45) is 4.14. The zero-order valence-electron chi connectivity index (χ0n) is 13.7. The van der Waals surface area contributed by atoms with Gasteiger partial charge in [0.2, 0.25) is 0 Å². The summed E-state index contributed by atoms with van der Waals surface area (Å²) in [6.45, 7) is 6.04. The minimum absolute atomic E-state index is 0.294. The molecule has 1 aromatic carbocycles. The van der Waals surface area contributed by atoms with Crippen LogP contribution in [0.25, 0.3) is 0 Å². The van der Waals surface area contributed by atoms with Gasteiger partial charge in [-0.15, -0.1) is 0 Å². The molecular weight excluding hydrogens is 288 g/mol. The molecule has 2 N–H and O–H groups in total. The van der Waals surface area contributed by atoms with Gasteiger partial charge >= 0.3 is 0 Å². The number of para-hydroxylation sites is 1. The summed E-state index contributed by atoms with van der Waals surface area (Å²) in [7, 11) is 0. The topological polar surface area (TPSA) is 59.1 Å². The molecule has 2 heterocycles. The highest BCUT2D eigenvalue weighted by Gasteiger charge is 2.15. The smallest absolute Gasteiger partial charge is 0.135 e. The SMILES string of the molecule is CC(C)c1ccccc1Nc1cc(NCC2CCCO2)ncn1. The number of anilines is 3. The fourth-order valence-corrected chi connectivity index (χ4v) is 2.80. The van der Waals surface area contributed by atoms with Crippen molar-refractivity contribution in [2.75, 3.05) is 23.8 Å². The molecule has 0 spiro atoms. The lowest BCUT2D eigenvalue weighted by Crippen LogP contribution is -2.19. The van der Waals surface area contributed by atoms with Crippen molar-refractivity contribution in [3.63, 3.8) is 0 Å². The van der Waals surface area contributed by atoms with E-state index < -0.39 is 0 Å². The van der Waals surface area contributed by atoms with Crippen LogP contribution in [0, 0.1) is 0 Å². The quantitative estimate of drug-likeness (QED) is 0.846. The first-order valence-corrected chi connectivity index (χ1v) is 8.26. The van der Waals surface area contributed by atoms with Gasteiger partial charge in [-0.1, -0.05) is 32.0 Å². The van der Waals surface area contributed by atoms with Crippen LogP contribution < -0.4 is 10.6 Å². The monoisotopic (exact) mass is 312 g/mol. The highest BCUT2D eigenvalue weighted by molar-refractivity contribution is 5.63. The number of hydrogen-bond donors (Lipinski definition) is 2. The van der Waals surface area contributed by atoms with E-state index in [1.807, 2.05) is 12.1 Å². The predicted octanol–water partition coefficient (Wildman–Crippen LogP) is 3.93. The van der Waals surface area contributed by atoms with Gasteiger partial charge in [0.25, 0.3) is 0 Å². The van der Waals surface area contributed by atoms with Crippen molar-refractivity contribution in [3.8, 4) is 0 Å². The number of rotatable bonds is 6. The number of nitrogens with one attached hydrogen (secondary N) is 2. The molecule has 0 saturated carbocycles. The summed E-state index contributed by atoms with van der Waals surface area (Å²) in [6, 6.07) is 10.3. The standard InChI is InChI=1S/C18H24N4O/c1-13(2)15-7-3-4-8-16(15)22-18-10-17(20-12-21-18)19-11-14-6-5-9-23-14/h3-4,7-8,10,12-14H,5-6,9,11H2,1-2H3,(H2,19,20,21,22). The molecule has 1 saturated heterocycles. The Morgan fingerprint density at radius 3 is 2.83 bits per heavy atom. The maximum atomic E-state index is 5.62. The average molecular weight is 312 g/mol. The van der Waals surface area contributed by atoms with Crippen LogP contribution in [0.1, 0.15) is 38.2 Å². The van der Waals surface area contributed by atoms with Gasteiger partial charge in [0.05, 0.1) is 6.10 Å². The van der Waals surface area contributed by atoms with E-state index in [-0.39, 0.29) is 0 Å². The summed E-state index contributed by atoms with van der Waals surface area (Å²) < 4.78 is 5.62. The number of hydrogen-bond acceptors (Lipinski definition) is 5. The highest BCUT2D eigenvalue weighted by atomic mass is 16.5. The van der Waals surface area contributed by atoms with Gasteiger partial charge in [-0.2, -0.15) is 0 Å². The molecule has 5 nitrogen and oxygen atoms in total. The van der Waals surface area contributed by atoms with Gasteiger partial charge in [-0.25, -0.2) is 9.97 Å². The highest BCUT2D eigenvalue weighted by Crippen LogP contribution is 2.26. The van der Waals surface area contributed by atoms with Crippen molar-refractivity contribution in [1.82, 2.24) is 9.97 Å². The average Bonchev–Trinajstić information content (AvgIpc) is 3.07. The van der Waals surface area contributed by atoms with Crippen LogP contribution >= 0.6 is 0 Å². The first-order chi connectivity index (χ1) is 11.2. The van der Waals surface area contributed by atoms with Crippen LogP contribution in [0.4, 0.5) is 17.3 Å². The molecule has 1 aromatic heterocycles. The van der Waals surface area contributed by atoms with Gasteiger partial charge in [0.15, 0.2) is 0 Å². The van der Waals surface area contributed by atoms with Gasteiger partial charge in [-0.05, 0) is 30.4 Å². The predicted molar refractivity (Wildman–Crippen MR) is 93.3 cm³/mol. The van der Waals surface area contributed by atoms with Crippen molar-refractivity contribution in [2.45, 2.75) is 38.7 Å². The molecule has 1 aliphatic heterocycles. The van der Waals surface area contributed by atoms with E-state index in [2.05, 4.69) is 52.6 Å². The van der Waals surface area contributed by atoms with Crippen molar-refractivity contribution in [3.05, 3.63) is 42.2 Å². The molecule has 1 aliphatic rings. The summed E-state index contributed by atoms with van der Waals surface area (Å²) in [5.41, 5.74) is 2.37. The lowest BCUT2D eigenvalue weighted by Gasteiger charge is -2.15. The van der Waals surface area contributed by atoms with E-state index in [0.29, 0.717) is 12.0 Å². The minimum atomic E-state index is 0.294. The van der Waals surface area contributed by atoms with E-state index in [0.717, 1.165) is 43.3 Å². The van der Waals surface area contributed by atoms with Crippen LogP contribution in [0.5, 0.6) is 0 Å². The number of ether oxygens (including phenoxy) is 1. The van der Waals surface area contributed by atoms with Crippen LogP contribution in [-0.2, 0) is 4.74 Å². The first-order valence-electron chi connectivity index (χ1n) is 8.26. The van der Waals surface area contributed by atoms with Gasteiger partial charge in [0, 0.05) is 24.9 Å². The van der Waals surface area contributed by atoms with Crippen LogP contribution in [0.3, 0.4) is 0 Å². The molecule has 5 heteroatoms. The lowest BCUT2D eigenvalue weighted by molar-refractivity contribution is 0.120. The van der Waals surface area contributed by atoms with Crippen molar-refractivity contribution in [1.29, 1.82) is 0 Å². The third kappa shape index (κ3) is 4.20. The van der Waals surface area contributed by atoms with Crippen molar-refractivity contribution >= 4 is 17.3 Å². The maximum Gasteiger partial charge on any atom is 0.135 e. The molecule has 3 rings (SSSR count). The molecule has 122 valence electrons. The molecule has 0 radical (unpaired) electrons. The third-order valence-electron chi connectivity index (χ3n) is 4.05. The second-order valence-electron chi connectivity index (χ2n) is 6.17. The van der Waals surface area contributed by atoms with E-state index >= 15 is 0 Å². The first kappa shape index (κ1) is 15.7. The minimum Gasteiger partial charge on any atom is -0.376 e. The second kappa shape index (κ2) is 7.42. The lowest BCUT2D eigenvalue weighted by atomic mass is 10.0. The maximum absolute atomic E-state index is 5.62. The molecular formula is C18H24N4O. The van der Waals surface area contributed by atoms with Crippen molar-refractivity contribution in [2.24, 2.45) is 0 Å². The van der Waals surface area contributed by atoms with E-state index in [4.69, 9.17) is 4.74 Å². The Labute approximate surface area is 137 Å². The van der Waals surface area contributed by atoms with Crippen molar-refractivity contribution < 1.29 is 4.74 Å². The summed E-state index contributed by atoms with van der Waals surface area (Å²) >= 11 is 0. The molecule has 1 fully saturated rings. The molecule has 1 unspecified atom stereocenters. The molecule has 0 bridgehead atoms. The van der Waals surface area contributed by atoms with Gasteiger partial charge < -0.3 is 15.4 Å². The van der Waals surface area contributed by atoms with Crippen LogP contribution in [0.15, 0.2) is 36.7 Å². The summed E-state index contributed by atoms with van der Waals surface area (Å²) in [5, 5.41) is 6.73. The Bertz CT molecular complexity index is 638. The normalized spacial score (nSPS) is 17.4. The van der Waals surface area contributed by atoms with E-state index in [1.54, 1.807) is 6.33 Å². The number of nitrogens with zero attached hydrogens (tertiary/aromatic N) is 2. The second-order valence-corrected chi connectivity index (χ2v) is 6.17. The van der Waals surface area contributed by atoms with Gasteiger partial charge in [-0.3, -0.25) is 0 Å². The fraction of sp³-hybridized carbons (Fsp3) is 0.444. The van der Waals surface area contributed by atoms with Crippen LogP contribution in [-0.4, -0.2) is 29.2 Å². The molecule has 0 aliphatic carbocycles. The third-order valence-corrected chi connectivity index (χ3v) is 4.05. The Kier molecular flexibility index (Phi) is 5.08. The number of benzene rings is 1. The Hall–Kier alpha value is -2.14. The van der Waals surface area contributed by atoms with Crippen LogP contribution in [0.2, 0.25) is 0 Å². The molecule has 0 amide bonds.